The lowest BCUT2D eigenvalue weighted by atomic mass is 9.48. The Morgan fingerprint density at radius 3 is 2.12 bits per heavy atom. The normalized spacial score (nSPS) is 28.7. The molecule has 4 saturated carbocycles. The van der Waals surface area contributed by atoms with E-state index in [4.69, 9.17) is 5.11 Å². The Bertz CT molecular complexity index is 1150. The molecule has 0 aromatic heterocycles. The van der Waals surface area contributed by atoms with Crippen molar-refractivity contribution in [2.75, 3.05) is 5.75 Å². The Balaban J connectivity index is 1.32. The first-order valence-electron chi connectivity index (χ1n) is 12.1. The molecule has 4 nitrogen and oxygen atoms in total. The van der Waals surface area contributed by atoms with Crippen molar-refractivity contribution in [3.63, 3.8) is 0 Å². The van der Waals surface area contributed by atoms with Crippen LogP contribution in [0.15, 0.2) is 52.3 Å². The minimum Gasteiger partial charge on any atom is -0.481 e. The highest BCUT2D eigenvalue weighted by Crippen LogP contribution is 2.61. The van der Waals surface area contributed by atoms with Crippen molar-refractivity contribution in [1.82, 2.24) is 0 Å². The lowest BCUT2D eigenvalue weighted by molar-refractivity contribution is -0.140. The fourth-order valence-electron chi connectivity index (χ4n) is 6.86. The Hall–Kier alpha value is -1.86. The van der Waals surface area contributed by atoms with Crippen molar-refractivity contribution in [2.45, 2.75) is 66.4 Å². The number of carboxylic acid groups (broad SMARTS) is 1. The van der Waals surface area contributed by atoms with Gasteiger partial charge in [-0.3, -0.25) is 4.79 Å². The molecule has 0 aliphatic heterocycles. The van der Waals surface area contributed by atoms with E-state index in [0.29, 0.717) is 34.8 Å². The molecular weight excluding hydrogens is 471 g/mol. The molecule has 1 unspecified atom stereocenters. The fourth-order valence-corrected chi connectivity index (χ4v) is 9.17. The first kappa shape index (κ1) is 23.9. The molecular formula is C27H31FO4S2. The van der Waals surface area contributed by atoms with E-state index in [-0.39, 0.29) is 21.0 Å². The van der Waals surface area contributed by atoms with E-state index >= 15 is 4.39 Å². The summed E-state index contributed by atoms with van der Waals surface area (Å²) in [6.45, 7) is 1.67. The lowest BCUT2D eigenvalue weighted by Gasteiger charge is -2.57. The number of benzene rings is 2. The summed E-state index contributed by atoms with van der Waals surface area (Å²) in [4.78, 5) is 11.1. The number of carboxylic acids is 1. The molecule has 4 fully saturated rings. The molecule has 0 heterocycles. The molecule has 2 aromatic rings. The zero-order valence-electron chi connectivity index (χ0n) is 19.4. The summed E-state index contributed by atoms with van der Waals surface area (Å²) in [5, 5.41) is 8.97. The van der Waals surface area contributed by atoms with Gasteiger partial charge in [0.2, 0.25) is 9.84 Å². The van der Waals surface area contributed by atoms with Crippen molar-refractivity contribution < 1.29 is 22.7 Å². The molecule has 7 heteroatoms. The van der Waals surface area contributed by atoms with Crippen LogP contribution in [-0.2, 0) is 25.8 Å². The topological polar surface area (TPSA) is 71.4 Å². The van der Waals surface area contributed by atoms with E-state index in [1.54, 1.807) is 43.3 Å². The van der Waals surface area contributed by atoms with E-state index in [9.17, 15) is 13.2 Å². The first-order valence-corrected chi connectivity index (χ1v) is 14.7. The van der Waals surface area contributed by atoms with Crippen LogP contribution in [-0.4, -0.2) is 25.2 Å². The van der Waals surface area contributed by atoms with Crippen LogP contribution < -0.4 is 0 Å². The molecule has 4 aliphatic rings. The van der Waals surface area contributed by atoms with Gasteiger partial charge in [0.1, 0.15) is 5.82 Å². The van der Waals surface area contributed by atoms with Gasteiger partial charge < -0.3 is 5.11 Å². The van der Waals surface area contributed by atoms with Crippen molar-refractivity contribution >= 4 is 27.6 Å². The molecule has 1 atom stereocenters. The number of carbonyl (C=O) groups is 1. The van der Waals surface area contributed by atoms with E-state index in [0.717, 1.165) is 24.8 Å². The van der Waals surface area contributed by atoms with E-state index in [1.807, 2.05) is 0 Å². The number of rotatable bonds is 8. The third-order valence-electron chi connectivity index (χ3n) is 8.15. The highest BCUT2D eigenvalue weighted by Gasteiger charge is 2.52. The highest BCUT2D eigenvalue weighted by atomic mass is 32.2. The quantitative estimate of drug-likeness (QED) is 0.474. The van der Waals surface area contributed by atoms with Crippen molar-refractivity contribution in [3.05, 3.63) is 59.4 Å². The van der Waals surface area contributed by atoms with Gasteiger partial charge in [0.05, 0.1) is 15.7 Å². The molecule has 4 bridgehead atoms. The maximum atomic E-state index is 15.4. The van der Waals surface area contributed by atoms with Crippen LogP contribution in [0, 0.1) is 29.5 Å². The number of sulfone groups is 1. The standard InChI is InChI=1S/C27H31FO4S2/c1-17(26(29)30)15-33-16-18-2-4-22(5-3-18)34(31,32)23-6-7-24(25(28)11-23)27-12-19-8-20(13-27)10-21(9-19)14-27/h2-7,11,17,19-21H,8-10,12-16H2,1H3,(H,29,30). The Morgan fingerprint density at radius 1 is 1.03 bits per heavy atom. The summed E-state index contributed by atoms with van der Waals surface area (Å²) in [5.74, 6) is 1.53. The van der Waals surface area contributed by atoms with Gasteiger partial charge in [-0.2, -0.15) is 11.8 Å². The molecule has 34 heavy (non-hydrogen) atoms. The second-order valence-corrected chi connectivity index (χ2v) is 13.7. The van der Waals surface area contributed by atoms with Crippen LogP contribution in [0.4, 0.5) is 4.39 Å². The van der Waals surface area contributed by atoms with Crippen molar-refractivity contribution in [3.8, 4) is 0 Å². The third kappa shape index (κ3) is 4.41. The van der Waals surface area contributed by atoms with E-state index in [1.165, 1.54) is 37.1 Å². The minimum atomic E-state index is -3.82. The van der Waals surface area contributed by atoms with Gasteiger partial charge in [-0.25, -0.2) is 12.8 Å². The Labute approximate surface area is 205 Å². The molecule has 0 radical (unpaired) electrons. The van der Waals surface area contributed by atoms with Crippen LogP contribution in [0.5, 0.6) is 0 Å². The number of halogens is 1. The maximum Gasteiger partial charge on any atom is 0.307 e. The average molecular weight is 503 g/mol. The molecule has 2 aromatic carbocycles. The van der Waals surface area contributed by atoms with Gasteiger partial charge in [0.15, 0.2) is 0 Å². The van der Waals surface area contributed by atoms with Crippen LogP contribution in [0.2, 0.25) is 0 Å². The first-order chi connectivity index (χ1) is 16.2. The predicted molar refractivity (Wildman–Crippen MR) is 131 cm³/mol. The smallest absolute Gasteiger partial charge is 0.307 e. The summed E-state index contributed by atoms with van der Waals surface area (Å²) in [6, 6.07) is 11.1. The van der Waals surface area contributed by atoms with Gasteiger partial charge in [0, 0.05) is 11.5 Å². The largest absolute Gasteiger partial charge is 0.481 e. The molecule has 4 aliphatic carbocycles. The van der Waals surface area contributed by atoms with Crippen molar-refractivity contribution in [1.29, 1.82) is 0 Å². The third-order valence-corrected chi connectivity index (χ3v) is 11.2. The SMILES string of the molecule is CC(CSCc1ccc(S(=O)(=O)c2ccc(C34CC5CC(CC(C5)C3)C4)c(F)c2)cc1)C(=O)O. The Morgan fingerprint density at radius 2 is 1.59 bits per heavy atom. The van der Waals surface area contributed by atoms with Gasteiger partial charge in [0.25, 0.3) is 0 Å². The summed E-state index contributed by atoms with van der Waals surface area (Å²) in [5.41, 5.74) is 1.52. The summed E-state index contributed by atoms with van der Waals surface area (Å²) < 4.78 is 41.8. The zero-order chi connectivity index (χ0) is 24.1. The molecule has 0 amide bonds. The van der Waals surface area contributed by atoms with Crippen LogP contribution in [0.3, 0.4) is 0 Å². The number of thioether (sulfide) groups is 1. The molecule has 6 rings (SSSR count). The van der Waals surface area contributed by atoms with Crippen molar-refractivity contribution in [2.24, 2.45) is 23.7 Å². The molecule has 1 N–H and O–H groups in total. The van der Waals surface area contributed by atoms with E-state index in [2.05, 4.69) is 0 Å². The van der Waals surface area contributed by atoms with Gasteiger partial charge in [-0.15, -0.1) is 0 Å². The minimum absolute atomic E-state index is 0.00381. The molecule has 0 spiro atoms. The number of hydrogen-bond acceptors (Lipinski definition) is 4. The second kappa shape index (κ2) is 8.98. The molecule has 0 saturated heterocycles. The maximum absolute atomic E-state index is 15.4. The molecule has 182 valence electrons. The predicted octanol–water partition coefficient (Wildman–Crippen LogP) is 6.08. The zero-order valence-corrected chi connectivity index (χ0v) is 21.0. The summed E-state index contributed by atoms with van der Waals surface area (Å²) in [6.07, 6.45) is 6.94. The van der Waals surface area contributed by atoms with Crippen LogP contribution in [0.25, 0.3) is 0 Å². The second-order valence-electron chi connectivity index (χ2n) is 10.7. The van der Waals surface area contributed by atoms with Gasteiger partial charge in [-0.1, -0.05) is 25.1 Å². The summed E-state index contributed by atoms with van der Waals surface area (Å²) >= 11 is 1.50. The van der Waals surface area contributed by atoms with Gasteiger partial charge >= 0.3 is 5.97 Å². The van der Waals surface area contributed by atoms with Gasteiger partial charge in [-0.05, 0) is 97.1 Å². The highest BCUT2D eigenvalue weighted by molar-refractivity contribution is 7.98. The fraction of sp³-hybridized carbons (Fsp3) is 0.519. The lowest BCUT2D eigenvalue weighted by Crippen LogP contribution is -2.48. The van der Waals surface area contributed by atoms with Crippen LogP contribution in [0.1, 0.15) is 56.6 Å². The number of aliphatic carboxylic acids is 1. The van der Waals surface area contributed by atoms with E-state index < -0.39 is 21.7 Å². The number of hydrogen-bond donors (Lipinski definition) is 1. The Kier molecular flexibility index (Phi) is 6.30. The average Bonchev–Trinajstić information content (AvgIpc) is 2.78. The summed E-state index contributed by atoms with van der Waals surface area (Å²) in [7, 11) is -3.82. The van der Waals surface area contributed by atoms with Crippen LogP contribution >= 0.6 is 11.8 Å². The monoisotopic (exact) mass is 502 g/mol.